The van der Waals surface area contributed by atoms with Gasteiger partial charge in [0.25, 0.3) is 0 Å². The third-order valence-electron chi connectivity index (χ3n) is 2.86. The maximum Gasteiger partial charge on any atom is 0.221 e. The number of benzene rings is 1. The lowest BCUT2D eigenvalue weighted by molar-refractivity contribution is -0.114. The summed E-state index contributed by atoms with van der Waals surface area (Å²) in [6.07, 6.45) is 0. The van der Waals surface area contributed by atoms with Crippen molar-refractivity contribution >= 4 is 28.1 Å². The number of rotatable bonds is 6. The highest BCUT2D eigenvalue weighted by Crippen LogP contribution is 2.28. The molecular weight excluding hydrogens is 305 g/mol. The Kier molecular flexibility index (Phi) is 5.46. The zero-order valence-corrected chi connectivity index (χ0v) is 13.5. The fourth-order valence-electron chi connectivity index (χ4n) is 1.97. The number of nitrogens with one attached hydrogen (secondary N) is 2. The Morgan fingerprint density at radius 1 is 1.50 bits per heavy atom. The largest absolute Gasteiger partial charge is 0.383 e. The first kappa shape index (κ1) is 16.4. The predicted octanol–water partition coefficient (Wildman–Crippen LogP) is 3.35. The fraction of sp³-hybridized carbons (Fsp3) is 0.333. The van der Waals surface area contributed by atoms with Gasteiger partial charge in [-0.1, -0.05) is 0 Å². The van der Waals surface area contributed by atoms with Crippen molar-refractivity contribution in [3.05, 3.63) is 29.4 Å². The SMILES string of the molecule is COC[C@@H](C)Nc1nc(-c2ccc(NC(C)=O)cc2F)cs1. The van der Waals surface area contributed by atoms with Gasteiger partial charge in [0.15, 0.2) is 5.13 Å². The molecule has 0 aliphatic carbocycles. The maximum absolute atomic E-state index is 14.2. The van der Waals surface area contributed by atoms with Gasteiger partial charge < -0.3 is 15.4 Å². The normalized spacial score (nSPS) is 12.0. The van der Waals surface area contributed by atoms with E-state index in [2.05, 4.69) is 15.6 Å². The molecule has 1 atom stereocenters. The van der Waals surface area contributed by atoms with Crippen LogP contribution in [0.15, 0.2) is 23.6 Å². The molecule has 1 aromatic heterocycles. The zero-order chi connectivity index (χ0) is 16.1. The first-order valence-electron chi connectivity index (χ1n) is 6.78. The highest BCUT2D eigenvalue weighted by Gasteiger charge is 2.12. The monoisotopic (exact) mass is 323 g/mol. The third kappa shape index (κ3) is 4.25. The number of anilines is 2. The summed E-state index contributed by atoms with van der Waals surface area (Å²) < 4.78 is 19.2. The molecule has 0 radical (unpaired) electrons. The Bertz CT molecular complexity index is 660. The number of amides is 1. The van der Waals surface area contributed by atoms with Crippen molar-refractivity contribution in [2.24, 2.45) is 0 Å². The molecule has 22 heavy (non-hydrogen) atoms. The number of thiazole rings is 1. The van der Waals surface area contributed by atoms with E-state index in [-0.39, 0.29) is 11.9 Å². The number of methoxy groups -OCH3 is 1. The van der Waals surface area contributed by atoms with Gasteiger partial charge in [0, 0.05) is 36.7 Å². The van der Waals surface area contributed by atoms with Crippen LogP contribution in [0.25, 0.3) is 11.3 Å². The van der Waals surface area contributed by atoms with Crippen molar-refractivity contribution in [3.63, 3.8) is 0 Å². The third-order valence-corrected chi connectivity index (χ3v) is 3.63. The molecule has 5 nitrogen and oxygen atoms in total. The summed E-state index contributed by atoms with van der Waals surface area (Å²) in [5, 5.41) is 8.24. The topological polar surface area (TPSA) is 63.2 Å². The van der Waals surface area contributed by atoms with Crippen molar-refractivity contribution < 1.29 is 13.9 Å². The van der Waals surface area contributed by atoms with Gasteiger partial charge in [-0.3, -0.25) is 4.79 Å². The van der Waals surface area contributed by atoms with E-state index in [0.29, 0.717) is 28.7 Å². The van der Waals surface area contributed by atoms with E-state index in [1.165, 1.54) is 24.3 Å². The van der Waals surface area contributed by atoms with E-state index in [9.17, 15) is 9.18 Å². The number of carbonyl (C=O) groups is 1. The van der Waals surface area contributed by atoms with E-state index < -0.39 is 5.82 Å². The molecule has 0 spiro atoms. The molecule has 0 saturated carbocycles. The molecule has 7 heteroatoms. The van der Waals surface area contributed by atoms with Crippen molar-refractivity contribution in [1.82, 2.24) is 4.98 Å². The first-order valence-corrected chi connectivity index (χ1v) is 7.66. The van der Waals surface area contributed by atoms with Crippen molar-refractivity contribution in [1.29, 1.82) is 0 Å². The zero-order valence-electron chi connectivity index (χ0n) is 12.6. The van der Waals surface area contributed by atoms with Gasteiger partial charge in [-0.2, -0.15) is 0 Å². The highest BCUT2D eigenvalue weighted by molar-refractivity contribution is 7.14. The Morgan fingerprint density at radius 3 is 2.91 bits per heavy atom. The number of ether oxygens (including phenoxy) is 1. The van der Waals surface area contributed by atoms with E-state index in [4.69, 9.17) is 4.74 Å². The van der Waals surface area contributed by atoms with Crippen LogP contribution in [0.3, 0.4) is 0 Å². The van der Waals surface area contributed by atoms with Gasteiger partial charge >= 0.3 is 0 Å². The van der Waals surface area contributed by atoms with Crippen LogP contribution in [0.1, 0.15) is 13.8 Å². The molecule has 118 valence electrons. The van der Waals surface area contributed by atoms with Gasteiger partial charge in [0.05, 0.1) is 12.3 Å². The molecule has 2 rings (SSSR count). The summed E-state index contributed by atoms with van der Waals surface area (Å²) >= 11 is 1.41. The van der Waals surface area contributed by atoms with Crippen LogP contribution in [-0.2, 0) is 9.53 Å². The number of nitrogens with zero attached hydrogens (tertiary/aromatic N) is 1. The quantitative estimate of drug-likeness (QED) is 0.856. The summed E-state index contributed by atoms with van der Waals surface area (Å²) in [4.78, 5) is 15.4. The van der Waals surface area contributed by atoms with Crippen LogP contribution in [0.4, 0.5) is 15.2 Å². The van der Waals surface area contributed by atoms with Crippen LogP contribution in [0.5, 0.6) is 0 Å². The van der Waals surface area contributed by atoms with Crippen molar-refractivity contribution in [2.45, 2.75) is 19.9 Å². The predicted molar refractivity (Wildman–Crippen MR) is 86.8 cm³/mol. The summed E-state index contributed by atoms with van der Waals surface area (Å²) in [5.41, 5.74) is 1.39. The lowest BCUT2D eigenvalue weighted by Crippen LogP contribution is -2.20. The van der Waals surface area contributed by atoms with Crippen LogP contribution in [0.2, 0.25) is 0 Å². The van der Waals surface area contributed by atoms with E-state index in [0.717, 1.165) is 0 Å². The molecule has 2 aromatic rings. The Labute approximate surface area is 132 Å². The minimum atomic E-state index is -0.423. The molecule has 1 aromatic carbocycles. The standard InChI is InChI=1S/C15H18FN3O2S/c1-9(7-21-3)17-15-19-14(8-22-15)12-5-4-11(6-13(12)16)18-10(2)20/h4-6,8-9H,7H2,1-3H3,(H,17,19)(H,18,20)/t9-/m1/s1. The minimum absolute atomic E-state index is 0.121. The Morgan fingerprint density at radius 2 is 2.27 bits per heavy atom. The molecule has 2 N–H and O–H groups in total. The number of hydrogen-bond donors (Lipinski definition) is 2. The molecule has 1 amide bonds. The highest BCUT2D eigenvalue weighted by atomic mass is 32.1. The van der Waals surface area contributed by atoms with Crippen LogP contribution >= 0.6 is 11.3 Å². The van der Waals surface area contributed by atoms with Gasteiger partial charge in [0.2, 0.25) is 5.91 Å². The number of carbonyl (C=O) groups excluding carboxylic acids is 1. The molecule has 0 fully saturated rings. The second-order valence-corrected chi connectivity index (χ2v) is 5.77. The second-order valence-electron chi connectivity index (χ2n) is 4.91. The van der Waals surface area contributed by atoms with Crippen molar-refractivity contribution in [2.75, 3.05) is 24.4 Å². The minimum Gasteiger partial charge on any atom is -0.383 e. The van der Waals surface area contributed by atoms with Gasteiger partial charge in [-0.15, -0.1) is 11.3 Å². The smallest absolute Gasteiger partial charge is 0.221 e. The Balaban J connectivity index is 2.15. The molecule has 0 saturated heterocycles. The lowest BCUT2D eigenvalue weighted by Gasteiger charge is -2.10. The molecule has 1 heterocycles. The second kappa shape index (κ2) is 7.33. The van der Waals surface area contributed by atoms with Gasteiger partial charge in [-0.25, -0.2) is 9.37 Å². The fourth-order valence-corrected chi connectivity index (χ4v) is 2.79. The number of aromatic nitrogens is 1. The molecule has 0 aliphatic rings. The van der Waals surface area contributed by atoms with Gasteiger partial charge in [0.1, 0.15) is 5.82 Å². The lowest BCUT2D eigenvalue weighted by atomic mass is 10.1. The average Bonchev–Trinajstić information content (AvgIpc) is 2.86. The molecular formula is C15H18FN3O2S. The summed E-state index contributed by atoms with van der Waals surface area (Å²) in [7, 11) is 1.64. The maximum atomic E-state index is 14.2. The van der Waals surface area contributed by atoms with Crippen LogP contribution < -0.4 is 10.6 Å². The van der Waals surface area contributed by atoms with Gasteiger partial charge in [-0.05, 0) is 25.1 Å². The number of halogens is 1. The van der Waals surface area contributed by atoms with Crippen molar-refractivity contribution in [3.8, 4) is 11.3 Å². The first-order chi connectivity index (χ1) is 10.5. The molecule has 0 unspecified atom stereocenters. The summed E-state index contributed by atoms with van der Waals surface area (Å²) in [6.45, 7) is 3.92. The number of hydrogen-bond acceptors (Lipinski definition) is 5. The molecule has 0 aliphatic heterocycles. The Hall–Kier alpha value is -1.99. The average molecular weight is 323 g/mol. The van der Waals surface area contributed by atoms with E-state index in [1.54, 1.807) is 24.6 Å². The van der Waals surface area contributed by atoms with Crippen LogP contribution in [0, 0.1) is 5.82 Å². The summed E-state index contributed by atoms with van der Waals surface area (Å²) in [6, 6.07) is 4.67. The van der Waals surface area contributed by atoms with E-state index >= 15 is 0 Å². The van der Waals surface area contributed by atoms with Crippen LogP contribution in [-0.4, -0.2) is 30.6 Å². The summed E-state index contributed by atoms with van der Waals surface area (Å²) in [5.74, 6) is -0.660. The van der Waals surface area contributed by atoms with E-state index in [1.807, 2.05) is 6.92 Å². The molecule has 0 bridgehead atoms.